The molecular formula is C16H16N2O4. The van der Waals surface area contributed by atoms with Gasteiger partial charge in [-0.05, 0) is 35.9 Å². The van der Waals surface area contributed by atoms with Gasteiger partial charge in [0.25, 0.3) is 0 Å². The van der Waals surface area contributed by atoms with Gasteiger partial charge in [-0.3, -0.25) is 5.41 Å². The molecule has 0 aromatic heterocycles. The summed E-state index contributed by atoms with van der Waals surface area (Å²) in [5.41, 5.74) is 7.05. The Morgan fingerprint density at radius 2 is 1.77 bits per heavy atom. The van der Waals surface area contributed by atoms with Gasteiger partial charge in [0, 0.05) is 5.56 Å². The minimum atomic E-state index is -0.964. The van der Waals surface area contributed by atoms with Crippen molar-refractivity contribution in [3.63, 3.8) is 0 Å². The standard InChI is InChI=1S/C16H16N2O4/c1-21-14-8-12(15(17)18)6-7-13(14)22-9-10-2-4-11(5-3-10)16(19)20/h2-8H,9H2,1H3,(H3,17,18)(H,19,20). The molecule has 0 radical (unpaired) electrons. The van der Waals surface area contributed by atoms with Gasteiger partial charge >= 0.3 is 5.97 Å². The van der Waals surface area contributed by atoms with Gasteiger partial charge in [0.05, 0.1) is 12.7 Å². The maximum atomic E-state index is 10.8. The average Bonchev–Trinajstić information content (AvgIpc) is 2.52. The highest BCUT2D eigenvalue weighted by Crippen LogP contribution is 2.28. The van der Waals surface area contributed by atoms with Crippen LogP contribution in [-0.2, 0) is 6.61 Å². The van der Waals surface area contributed by atoms with E-state index in [0.717, 1.165) is 5.56 Å². The molecule has 2 rings (SSSR count). The Bertz CT molecular complexity index is 696. The fourth-order valence-electron chi connectivity index (χ4n) is 1.86. The molecule has 0 spiro atoms. The number of ether oxygens (including phenoxy) is 2. The summed E-state index contributed by atoms with van der Waals surface area (Å²) in [6, 6.07) is 11.4. The van der Waals surface area contributed by atoms with Gasteiger partial charge < -0.3 is 20.3 Å². The van der Waals surface area contributed by atoms with Crippen molar-refractivity contribution in [3.8, 4) is 11.5 Å². The number of nitrogen functional groups attached to an aromatic ring is 1. The minimum absolute atomic E-state index is 0.0471. The van der Waals surface area contributed by atoms with Gasteiger partial charge in [0.2, 0.25) is 0 Å². The number of nitrogens with two attached hydrogens (primary N) is 1. The van der Waals surface area contributed by atoms with Crippen LogP contribution in [0.1, 0.15) is 21.5 Å². The second-order valence-electron chi connectivity index (χ2n) is 4.57. The van der Waals surface area contributed by atoms with E-state index in [9.17, 15) is 4.79 Å². The number of hydrogen-bond donors (Lipinski definition) is 3. The number of hydrogen-bond acceptors (Lipinski definition) is 4. The molecule has 6 nitrogen and oxygen atoms in total. The van der Waals surface area contributed by atoms with Crippen LogP contribution in [0.25, 0.3) is 0 Å². The molecule has 6 heteroatoms. The summed E-state index contributed by atoms with van der Waals surface area (Å²) >= 11 is 0. The van der Waals surface area contributed by atoms with Crippen LogP contribution >= 0.6 is 0 Å². The molecule has 0 bridgehead atoms. The van der Waals surface area contributed by atoms with Crippen LogP contribution in [0.4, 0.5) is 0 Å². The summed E-state index contributed by atoms with van der Waals surface area (Å²) in [7, 11) is 1.51. The summed E-state index contributed by atoms with van der Waals surface area (Å²) in [5.74, 6) is -0.00673. The van der Waals surface area contributed by atoms with Gasteiger partial charge in [-0.15, -0.1) is 0 Å². The molecule has 0 fully saturated rings. The summed E-state index contributed by atoms with van der Waals surface area (Å²) in [5, 5.41) is 16.2. The first kappa shape index (κ1) is 15.4. The van der Waals surface area contributed by atoms with Crippen LogP contribution in [0, 0.1) is 5.41 Å². The van der Waals surface area contributed by atoms with E-state index in [1.807, 2.05) is 0 Å². The lowest BCUT2D eigenvalue weighted by atomic mass is 10.1. The van der Waals surface area contributed by atoms with Gasteiger partial charge in [0.15, 0.2) is 11.5 Å². The van der Waals surface area contributed by atoms with E-state index >= 15 is 0 Å². The van der Waals surface area contributed by atoms with E-state index < -0.39 is 5.97 Å². The molecule has 0 aliphatic heterocycles. The van der Waals surface area contributed by atoms with Crippen molar-refractivity contribution < 1.29 is 19.4 Å². The first-order valence-electron chi connectivity index (χ1n) is 6.48. The number of carboxylic acid groups (broad SMARTS) is 1. The maximum Gasteiger partial charge on any atom is 0.335 e. The summed E-state index contributed by atoms with van der Waals surface area (Å²) in [4.78, 5) is 10.8. The Balaban J connectivity index is 2.10. The molecule has 0 saturated carbocycles. The highest BCUT2D eigenvalue weighted by Gasteiger charge is 2.08. The van der Waals surface area contributed by atoms with Crippen molar-refractivity contribution >= 4 is 11.8 Å². The Kier molecular flexibility index (Phi) is 4.63. The van der Waals surface area contributed by atoms with Crippen LogP contribution in [0.15, 0.2) is 42.5 Å². The Hall–Kier alpha value is -3.02. The summed E-state index contributed by atoms with van der Waals surface area (Å²) in [6.45, 7) is 0.273. The molecule has 2 aromatic carbocycles. The predicted molar refractivity (Wildman–Crippen MR) is 81.7 cm³/mol. The Labute approximate surface area is 127 Å². The number of rotatable bonds is 6. The molecule has 0 heterocycles. The lowest BCUT2D eigenvalue weighted by Crippen LogP contribution is -2.11. The minimum Gasteiger partial charge on any atom is -0.493 e. The van der Waals surface area contributed by atoms with Gasteiger partial charge in [0.1, 0.15) is 12.4 Å². The topological polar surface area (TPSA) is 106 Å². The van der Waals surface area contributed by atoms with Crippen LogP contribution < -0.4 is 15.2 Å². The number of carboxylic acids is 1. The summed E-state index contributed by atoms with van der Waals surface area (Å²) < 4.78 is 10.9. The smallest absolute Gasteiger partial charge is 0.335 e. The van der Waals surface area contributed by atoms with Crippen molar-refractivity contribution in [1.82, 2.24) is 0 Å². The maximum absolute atomic E-state index is 10.8. The number of aromatic carboxylic acids is 1. The van der Waals surface area contributed by atoms with Crippen LogP contribution in [-0.4, -0.2) is 24.0 Å². The van der Waals surface area contributed by atoms with Gasteiger partial charge in [-0.2, -0.15) is 0 Å². The SMILES string of the molecule is COc1cc(C(=N)N)ccc1OCc1ccc(C(=O)O)cc1. The molecule has 0 aliphatic carbocycles. The zero-order valence-electron chi connectivity index (χ0n) is 12.0. The molecule has 114 valence electrons. The number of methoxy groups -OCH3 is 1. The number of benzene rings is 2. The van der Waals surface area contributed by atoms with E-state index in [2.05, 4.69) is 0 Å². The third-order valence-electron chi connectivity index (χ3n) is 3.07. The molecule has 0 unspecified atom stereocenters. The lowest BCUT2D eigenvalue weighted by Gasteiger charge is -2.12. The third-order valence-corrected chi connectivity index (χ3v) is 3.07. The number of amidine groups is 1. The van der Waals surface area contributed by atoms with Gasteiger partial charge in [-0.1, -0.05) is 12.1 Å². The second-order valence-corrected chi connectivity index (χ2v) is 4.57. The monoisotopic (exact) mass is 300 g/mol. The first-order chi connectivity index (χ1) is 10.5. The van der Waals surface area contributed by atoms with Crippen LogP contribution in [0.5, 0.6) is 11.5 Å². The molecule has 2 aromatic rings. The van der Waals surface area contributed by atoms with Crippen molar-refractivity contribution in [3.05, 3.63) is 59.2 Å². The molecule has 0 amide bonds. The van der Waals surface area contributed by atoms with Crippen molar-refractivity contribution in [2.24, 2.45) is 5.73 Å². The first-order valence-corrected chi connectivity index (χ1v) is 6.48. The van der Waals surface area contributed by atoms with E-state index in [1.54, 1.807) is 30.3 Å². The zero-order valence-corrected chi connectivity index (χ0v) is 12.0. The highest BCUT2D eigenvalue weighted by atomic mass is 16.5. The number of carbonyl (C=O) groups is 1. The zero-order chi connectivity index (χ0) is 16.1. The van der Waals surface area contributed by atoms with Crippen molar-refractivity contribution in [2.45, 2.75) is 6.61 Å². The normalized spacial score (nSPS) is 10.0. The molecule has 22 heavy (non-hydrogen) atoms. The van der Waals surface area contributed by atoms with Crippen molar-refractivity contribution in [2.75, 3.05) is 7.11 Å². The number of nitrogens with one attached hydrogen (secondary N) is 1. The average molecular weight is 300 g/mol. The van der Waals surface area contributed by atoms with Crippen LogP contribution in [0.3, 0.4) is 0 Å². The summed E-state index contributed by atoms with van der Waals surface area (Å²) in [6.07, 6.45) is 0. The predicted octanol–water partition coefficient (Wildman–Crippen LogP) is 2.26. The highest BCUT2D eigenvalue weighted by molar-refractivity contribution is 5.95. The van der Waals surface area contributed by atoms with Crippen LogP contribution in [0.2, 0.25) is 0 Å². The molecule has 0 aliphatic rings. The van der Waals surface area contributed by atoms with E-state index in [4.69, 9.17) is 25.7 Å². The molecule has 0 saturated heterocycles. The molecule has 4 N–H and O–H groups in total. The Morgan fingerprint density at radius 1 is 1.14 bits per heavy atom. The van der Waals surface area contributed by atoms with E-state index in [-0.39, 0.29) is 18.0 Å². The molecular weight excluding hydrogens is 284 g/mol. The lowest BCUT2D eigenvalue weighted by molar-refractivity contribution is 0.0697. The molecule has 0 atom stereocenters. The van der Waals surface area contributed by atoms with E-state index in [1.165, 1.54) is 19.2 Å². The largest absolute Gasteiger partial charge is 0.493 e. The van der Waals surface area contributed by atoms with E-state index in [0.29, 0.717) is 17.1 Å². The Morgan fingerprint density at radius 3 is 2.32 bits per heavy atom. The third kappa shape index (κ3) is 3.54. The second kappa shape index (κ2) is 6.62. The fourth-order valence-corrected chi connectivity index (χ4v) is 1.86. The van der Waals surface area contributed by atoms with Crippen molar-refractivity contribution in [1.29, 1.82) is 5.41 Å². The fraction of sp³-hybridized carbons (Fsp3) is 0.125. The quantitative estimate of drug-likeness (QED) is 0.560. The van der Waals surface area contributed by atoms with Gasteiger partial charge in [-0.25, -0.2) is 4.79 Å².